The number of hydrogen-bond donors (Lipinski definition) is 0. The molecule has 3 aromatic heterocycles. The van der Waals surface area contributed by atoms with Crippen molar-refractivity contribution in [3.8, 4) is 22.5 Å². The molecule has 0 N–H and O–H groups in total. The average Bonchev–Trinajstić information content (AvgIpc) is 3.82. The fourth-order valence-electron chi connectivity index (χ4n) is 8.12. The number of para-hydroxylation sites is 4. The maximum absolute atomic E-state index is 2.46. The molecule has 0 saturated heterocycles. The molecule has 2 nitrogen and oxygen atoms in total. The highest BCUT2D eigenvalue weighted by Crippen LogP contribution is 2.45. The van der Waals surface area contributed by atoms with Crippen LogP contribution in [-0.2, 0) is 0 Å². The molecule has 0 fully saturated rings. The van der Waals surface area contributed by atoms with Crippen molar-refractivity contribution >= 4 is 85.9 Å². The molecule has 0 spiro atoms. The molecule has 0 aliphatic heterocycles. The van der Waals surface area contributed by atoms with Crippen molar-refractivity contribution < 1.29 is 0 Å². The van der Waals surface area contributed by atoms with Gasteiger partial charge in [0.15, 0.2) is 0 Å². The SMILES string of the molecule is c1ccc(-n2c3ccccc3c3ccc(-c4ccc5sc6c(ccc7ccc8c9ccccc9n(-c9ccccc9)c8c76)c5c4)cc32)cc1. The lowest BCUT2D eigenvalue weighted by Gasteiger charge is -2.10. The zero-order valence-corrected chi connectivity index (χ0v) is 27.3. The number of fused-ring (bicyclic) bond motifs is 12. The second kappa shape index (κ2) is 10.2. The summed E-state index contributed by atoms with van der Waals surface area (Å²) in [6, 6.07) is 62.3. The number of rotatable bonds is 3. The Kier molecular flexibility index (Phi) is 5.57. The van der Waals surface area contributed by atoms with E-state index >= 15 is 0 Å². The molecule has 0 amide bonds. The topological polar surface area (TPSA) is 9.86 Å². The monoisotopic (exact) mass is 640 g/mol. The van der Waals surface area contributed by atoms with Crippen LogP contribution in [0.15, 0.2) is 170 Å². The highest BCUT2D eigenvalue weighted by Gasteiger charge is 2.19. The first-order chi connectivity index (χ1) is 24.3. The van der Waals surface area contributed by atoms with Crippen molar-refractivity contribution in [3.05, 3.63) is 170 Å². The molecule has 0 aliphatic rings. The summed E-state index contributed by atoms with van der Waals surface area (Å²) >= 11 is 1.91. The first-order valence-corrected chi connectivity index (χ1v) is 17.6. The fraction of sp³-hybridized carbons (Fsp3) is 0. The van der Waals surface area contributed by atoms with E-state index in [0.29, 0.717) is 0 Å². The summed E-state index contributed by atoms with van der Waals surface area (Å²) in [6.07, 6.45) is 0. The number of hydrogen-bond acceptors (Lipinski definition) is 1. The van der Waals surface area contributed by atoms with Crippen LogP contribution in [0.1, 0.15) is 0 Å². The summed E-state index contributed by atoms with van der Waals surface area (Å²) in [6.45, 7) is 0. The number of aromatic nitrogens is 2. The molecule has 0 unspecified atom stereocenters. The van der Waals surface area contributed by atoms with Crippen LogP contribution in [0.25, 0.3) is 97.1 Å². The highest BCUT2D eigenvalue weighted by atomic mass is 32.1. The van der Waals surface area contributed by atoms with Crippen molar-refractivity contribution in [1.82, 2.24) is 9.13 Å². The van der Waals surface area contributed by atoms with Gasteiger partial charge in [-0.1, -0.05) is 115 Å². The Hall–Kier alpha value is -6.16. The number of thiophene rings is 1. The van der Waals surface area contributed by atoms with E-state index in [4.69, 9.17) is 0 Å². The molecule has 228 valence electrons. The number of nitrogens with zero attached hydrogens (tertiary/aromatic N) is 2. The predicted octanol–water partition coefficient (Wildman–Crippen LogP) is 13.1. The summed E-state index contributed by atoms with van der Waals surface area (Å²) in [7, 11) is 0. The lowest BCUT2D eigenvalue weighted by atomic mass is 9.99. The minimum absolute atomic E-state index is 1.18. The predicted molar refractivity (Wildman–Crippen MR) is 211 cm³/mol. The van der Waals surface area contributed by atoms with Gasteiger partial charge in [0.2, 0.25) is 0 Å². The summed E-state index contributed by atoms with van der Waals surface area (Å²) in [5.41, 5.74) is 9.79. The van der Waals surface area contributed by atoms with Crippen molar-refractivity contribution in [2.75, 3.05) is 0 Å². The van der Waals surface area contributed by atoms with Crippen LogP contribution in [0.3, 0.4) is 0 Å². The molecule has 0 radical (unpaired) electrons. The van der Waals surface area contributed by atoms with Gasteiger partial charge in [-0.05, 0) is 71.1 Å². The van der Waals surface area contributed by atoms with Crippen LogP contribution in [0, 0.1) is 0 Å². The lowest BCUT2D eigenvalue weighted by molar-refractivity contribution is 1.18. The summed E-state index contributed by atoms with van der Waals surface area (Å²) < 4.78 is 7.51. The van der Waals surface area contributed by atoms with Gasteiger partial charge in [0.1, 0.15) is 0 Å². The van der Waals surface area contributed by atoms with Crippen LogP contribution in [0.4, 0.5) is 0 Å². The Balaban J connectivity index is 1.17. The van der Waals surface area contributed by atoms with E-state index < -0.39 is 0 Å². The standard InChI is InChI=1S/C46H28N2S/c1-3-11-32(12-4-1)47-40-17-9-7-15-34(40)36-23-21-31(28-42(36)47)30-22-26-43-39(27-30)38-25-20-29-19-24-37-35-16-8-10-18-41(35)48(33-13-5-2-6-14-33)45(37)44(29)46(38)49-43/h1-28H. The summed E-state index contributed by atoms with van der Waals surface area (Å²) in [4.78, 5) is 0. The maximum Gasteiger partial charge on any atom is 0.0633 e. The normalized spacial score (nSPS) is 12.1. The Morgan fingerprint density at radius 3 is 1.67 bits per heavy atom. The Bertz CT molecular complexity index is 3090. The van der Waals surface area contributed by atoms with Gasteiger partial charge in [0, 0.05) is 58.5 Å². The van der Waals surface area contributed by atoms with Crippen molar-refractivity contribution in [1.29, 1.82) is 0 Å². The van der Waals surface area contributed by atoms with Gasteiger partial charge in [0.05, 0.1) is 22.1 Å². The van der Waals surface area contributed by atoms with Crippen LogP contribution < -0.4 is 0 Å². The van der Waals surface area contributed by atoms with E-state index in [9.17, 15) is 0 Å². The van der Waals surface area contributed by atoms with Gasteiger partial charge in [-0.3, -0.25) is 0 Å². The Labute approximate surface area is 286 Å². The third-order valence-corrected chi connectivity index (χ3v) is 11.5. The van der Waals surface area contributed by atoms with Crippen LogP contribution in [0.5, 0.6) is 0 Å². The lowest BCUT2D eigenvalue weighted by Crippen LogP contribution is -1.93. The van der Waals surface area contributed by atoms with E-state index in [1.165, 1.54) is 97.1 Å². The second-order valence-corrected chi connectivity index (χ2v) is 14.0. The Morgan fingerprint density at radius 1 is 0.367 bits per heavy atom. The largest absolute Gasteiger partial charge is 0.309 e. The van der Waals surface area contributed by atoms with E-state index in [2.05, 4.69) is 179 Å². The third kappa shape index (κ3) is 3.82. The second-order valence-electron chi connectivity index (χ2n) is 12.9. The molecule has 8 aromatic carbocycles. The molecule has 11 rings (SSSR count). The molecule has 49 heavy (non-hydrogen) atoms. The quantitative estimate of drug-likeness (QED) is 0.182. The first kappa shape index (κ1) is 26.9. The molecule has 0 aliphatic carbocycles. The summed E-state index contributed by atoms with van der Waals surface area (Å²) in [5, 5.41) is 10.3. The third-order valence-electron chi connectivity index (χ3n) is 10.3. The van der Waals surface area contributed by atoms with Crippen molar-refractivity contribution in [2.24, 2.45) is 0 Å². The highest BCUT2D eigenvalue weighted by molar-refractivity contribution is 7.26. The van der Waals surface area contributed by atoms with Crippen LogP contribution in [-0.4, -0.2) is 9.13 Å². The van der Waals surface area contributed by atoms with Gasteiger partial charge in [-0.25, -0.2) is 0 Å². The molecule has 0 saturated carbocycles. The van der Waals surface area contributed by atoms with E-state index in [0.717, 1.165) is 0 Å². The van der Waals surface area contributed by atoms with E-state index in [1.54, 1.807) is 0 Å². The molecule has 11 aromatic rings. The van der Waals surface area contributed by atoms with Gasteiger partial charge in [-0.15, -0.1) is 11.3 Å². The molecule has 0 bridgehead atoms. The zero-order valence-electron chi connectivity index (χ0n) is 26.5. The van der Waals surface area contributed by atoms with E-state index in [-0.39, 0.29) is 0 Å². The molecule has 0 atom stereocenters. The molecule has 3 heterocycles. The summed E-state index contributed by atoms with van der Waals surface area (Å²) in [5.74, 6) is 0. The van der Waals surface area contributed by atoms with Crippen LogP contribution in [0.2, 0.25) is 0 Å². The average molecular weight is 641 g/mol. The van der Waals surface area contributed by atoms with Crippen molar-refractivity contribution in [3.63, 3.8) is 0 Å². The first-order valence-electron chi connectivity index (χ1n) is 16.8. The van der Waals surface area contributed by atoms with Crippen molar-refractivity contribution in [2.45, 2.75) is 0 Å². The van der Waals surface area contributed by atoms with Gasteiger partial charge in [-0.2, -0.15) is 0 Å². The minimum Gasteiger partial charge on any atom is -0.309 e. The Morgan fingerprint density at radius 2 is 0.918 bits per heavy atom. The van der Waals surface area contributed by atoms with Gasteiger partial charge < -0.3 is 9.13 Å². The molecular weight excluding hydrogens is 613 g/mol. The maximum atomic E-state index is 2.46. The smallest absolute Gasteiger partial charge is 0.0633 e. The van der Waals surface area contributed by atoms with Gasteiger partial charge in [0.25, 0.3) is 0 Å². The number of benzene rings is 8. The van der Waals surface area contributed by atoms with Gasteiger partial charge >= 0.3 is 0 Å². The molecular formula is C46H28N2S. The fourth-order valence-corrected chi connectivity index (χ4v) is 9.36. The van der Waals surface area contributed by atoms with Crippen LogP contribution >= 0.6 is 11.3 Å². The minimum atomic E-state index is 1.18. The zero-order chi connectivity index (χ0) is 32.1. The molecule has 3 heteroatoms. The van der Waals surface area contributed by atoms with E-state index in [1.807, 2.05) is 11.3 Å².